The lowest BCUT2D eigenvalue weighted by Crippen LogP contribution is -2.51. The molecule has 1 N–H and O–H groups in total. The molecule has 0 aromatic heterocycles. The third-order valence-corrected chi connectivity index (χ3v) is 9.61. The SMILES string of the molecule is CC(=O)OCCN1C(=O)C2C3(C)C(c4ccccc4)=C(c4ccccc4)C(C)(C3O)C2(Br)C1=O. The van der Waals surface area contributed by atoms with Crippen molar-refractivity contribution in [3.05, 3.63) is 71.8 Å². The Morgan fingerprint density at radius 1 is 1.00 bits per heavy atom. The van der Waals surface area contributed by atoms with Gasteiger partial charge in [-0.25, -0.2) is 0 Å². The molecule has 2 aliphatic carbocycles. The van der Waals surface area contributed by atoms with Gasteiger partial charge >= 0.3 is 5.97 Å². The molecule has 5 atom stereocenters. The summed E-state index contributed by atoms with van der Waals surface area (Å²) in [7, 11) is 0. The molecule has 176 valence electrons. The number of aliphatic hydroxyl groups excluding tert-OH is 1. The zero-order valence-corrected chi connectivity index (χ0v) is 20.8. The second-order valence-corrected chi connectivity index (χ2v) is 10.9. The smallest absolute Gasteiger partial charge is 0.302 e. The van der Waals surface area contributed by atoms with Crippen LogP contribution in [0.4, 0.5) is 0 Å². The molecule has 2 fully saturated rings. The van der Waals surface area contributed by atoms with Gasteiger partial charge in [-0.1, -0.05) is 90.4 Å². The van der Waals surface area contributed by atoms with Gasteiger partial charge in [0.05, 0.1) is 18.6 Å². The Bertz CT molecular complexity index is 1230. The highest BCUT2D eigenvalue weighted by Gasteiger charge is 2.85. The lowest BCUT2D eigenvalue weighted by Gasteiger charge is -2.42. The molecule has 0 spiro atoms. The predicted octanol–water partition coefficient (Wildman–Crippen LogP) is 3.68. The highest BCUT2D eigenvalue weighted by atomic mass is 79.9. The van der Waals surface area contributed by atoms with Crippen molar-refractivity contribution in [1.29, 1.82) is 0 Å². The summed E-state index contributed by atoms with van der Waals surface area (Å²) in [5.41, 5.74) is 1.47. The largest absolute Gasteiger partial charge is 0.464 e. The van der Waals surface area contributed by atoms with Crippen LogP contribution in [0.3, 0.4) is 0 Å². The van der Waals surface area contributed by atoms with Crippen molar-refractivity contribution in [1.82, 2.24) is 4.90 Å². The first-order valence-corrected chi connectivity index (χ1v) is 12.1. The molecule has 5 unspecified atom stereocenters. The van der Waals surface area contributed by atoms with Crippen LogP contribution < -0.4 is 0 Å². The highest BCUT2D eigenvalue weighted by Crippen LogP contribution is 2.79. The van der Waals surface area contributed by atoms with E-state index in [2.05, 4.69) is 15.9 Å². The van der Waals surface area contributed by atoms with Crippen molar-refractivity contribution >= 4 is 44.9 Å². The number of halogens is 1. The number of rotatable bonds is 5. The molecule has 2 amide bonds. The summed E-state index contributed by atoms with van der Waals surface area (Å²) in [5.74, 6) is -2.05. The zero-order valence-electron chi connectivity index (χ0n) is 19.2. The van der Waals surface area contributed by atoms with Crippen molar-refractivity contribution in [2.45, 2.75) is 31.2 Å². The molecule has 7 heteroatoms. The number of amides is 2. The van der Waals surface area contributed by atoms with Gasteiger partial charge in [-0.05, 0) is 22.3 Å². The van der Waals surface area contributed by atoms with E-state index in [0.717, 1.165) is 22.3 Å². The Morgan fingerprint density at radius 2 is 1.53 bits per heavy atom. The third kappa shape index (κ3) is 2.62. The average molecular weight is 524 g/mol. The van der Waals surface area contributed by atoms with E-state index in [4.69, 9.17) is 4.74 Å². The molecule has 1 aliphatic heterocycles. The monoisotopic (exact) mass is 523 g/mol. The number of nitrogens with zero attached hydrogens (tertiary/aromatic N) is 1. The van der Waals surface area contributed by atoms with Crippen LogP contribution in [0.25, 0.3) is 11.1 Å². The van der Waals surface area contributed by atoms with Gasteiger partial charge in [0.2, 0.25) is 11.8 Å². The molecular formula is C27H26BrNO5. The number of esters is 1. The van der Waals surface area contributed by atoms with Crippen molar-refractivity contribution < 1.29 is 24.2 Å². The summed E-state index contributed by atoms with van der Waals surface area (Å²) in [4.78, 5) is 40.1. The minimum Gasteiger partial charge on any atom is -0.464 e. The summed E-state index contributed by atoms with van der Waals surface area (Å²) in [5, 5.41) is 11.9. The molecule has 1 saturated heterocycles. The molecule has 2 aromatic rings. The Labute approximate surface area is 206 Å². The van der Waals surface area contributed by atoms with Crippen LogP contribution in [0, 0.1) is 16.7 Å². The van der Waals surface area contributed by atoms with Crippen LogP contribution in [0.1, 0.15) is 31.9 Å². The van der Waals surface area contributed by atoms with Crippen LogP contribution in [-0.4, -0.2) is 51.4 Å². The van der Waals surface area contributed by atoms with Crippen molar-refractivity contribution in [3.63, 3.8) is 0 Å². The first-order chi connectivity index (χ1) is 16.1. The summed E-state index contributed by atoms with van der Waals surface area (Å²) in [6.45, 7) is 4.97. The van der Waals surface area contributed by atoms with E-state index in [1.54, 1.807) is 0 Å². The van der Waals surface area contributed by atoms with Gasteiger partial charge in [0, 0.05) is 17.8 Å². The second-order valence-electron chi connectivity index (χ2n) is 9.65. The van der Waals surface area contributed by atoms with Gasteiger partial charge < -0.3 is 9.84 Å². The van der Waals surface area contributed by atoms with Crippen LogP contribution in [0.5, 0.6) is 0 Å². The molecule has 2 aromatic carbocycles. The number of aliphatic hydroxyl groups is 1. The molecule has 1 saturated carbocycles. The van der Waals surface area contributed by atoms with Crippen molar-refractivity contribution in [2.75, 3.05) is 13.2 Å². The van der Waals surface area contributed by atoms with Crippen LogP contribution in [0.2, 0.25) is 0 Å². The van der Waals surface area contributed by atoms with Crippen LogP contribution in [0.15, 0.2) is 60.7 Å². The van der Waals surface area contributed by atoms with Gasteiger partial charge in [-0.2, -0.15) is 0 Å². The molecule has 2 bridgehead atoms. The average Bonchev–Trinajstić information content (AvgIpc) is 3.20. The van der Waals surface area contributed by atoms with E-state index >= 15 is 0 Å². The zero-order chi connectivity index (χ0) is 24.5. The maximum absolute atomic E-state index is 13.9. The fraction of sp³-hybridized carbons (Fsp3) is 0.370. The van der Waals surface area contributed by atoms with E-state index < -0.39 is 39.1 Å². The van der Waals surface area contributed by atoms with Crippen molar-refractivity contribution in [2.24, 2.45) is 16.7 Å². The Balaban J connectivity index is 1.74. The second kappa shape index (κ2) is 7.62. The topological polar surface area (TPSA) is 83.9 Å². The lowest BCUT2D eigenvalue weighted by atomic mass is 9.63. The van der Waals surface area contributed by atoms with Gasteiger partial charge in [-0.15, -0.1) is 0 Å². The normalized spacial score (nSPS) is 34.1. The van der Waals surface area contributed by atoms with Crippen LogP contribution in [-0.2, 0) is 19.1 Å². The van der Waals surface area contributed by atoms with Crippen molar-refractivity contribution in [3.8, 4) is 0 Å². The highest BCUT2D eigenvalue weighted by molar-refractivity contribution is 9.10. The number of carbonyl (C=O) groups is 3. The molecule has 5 rings (SSSR count). The van der Waals surface area contributed by atoms with Crippen LogP contribution >= 0.6 is 15.9 Å². The number of ether oxygens (including phenoxy) is 1. The van der Waals surface area contributed by atoms with E-state index in [-0.39, 0.29) is 19.1 Å². The molecule has 34 heavy (non-hydrogen) atoms. The lowest BCUT2D eigenvalue weighted by molar-refractivity contribution is -0.148. The Morgan fingerprint density at radius 3 is 2.06 bits per heavy atom. The molecule has 6 nitrogen and oxygen atoms in total. The number of fused-ring (bicyclic) bond motifs is 5. The fourth-order valence-electron chi connectivity index (χ4n) is 6.62. The summed E-state index contributed by atoms with van der Waals surface area (Å²) < 4.78 is 3.69. The standard InChI is InChI=1S/C27H26BrNO5/c1-16(30)34-15-14-29-22(31)21-25(2)19(17-10-6-4-7-11-17)20(18-12-8-5-9-13-18)26(3,23(25)32)27(21,28)24(29)33/h4-13,21,23,32H,14-15H2,1-3H3. The molecule has 1 heterocycles. The number of imide groups is 1. The minimum atomic E-state index is -1.33. The Kier molecular flexibility index (Phi) is 5.15. The number of benzene rings is 2. The van der Waals surface area contributed by atoms with E-state index in [0.29, 0.717) is 0 Å². The van der Waals surface area contributed by atoms with Gasteiger partial charge in [0.1, 0.15) is 10.9 Å². The summed E-state index contributed by atoms with van der Waals surface area (Å²) >= 11 is 3.75. The molecule has 0 radical (unpaired) electrons. The molecular weight excluding hydrogens is 498 g/mol. The maximum atomic E-state index is 13.9. The Hall–Kier alpha value is -2.77. The number of likely N-dealkylation sites (tertiary alicyclic amines) is 1. The number of carbonyl (C=O) groups excluding carboxylic acids is 3. The predicted molar refractivity (Wildman–Crippen MR) is 130 cm³/mol. The first kappa shape index (κ1) is 23.0. The fourth-order valence-corrected chi connectivity index (χ4v) is 7.92. The number of hydrogen-bond donors (Lipinski definition) is 1. The van der Waals surface area contributed by atoms with E-state index in [1.165, 1.54) is 11.8 Å². The number of alkyl halides is 1. The van der Waals surface area contributed by atoms with Gasteiger partial charge in [0.25, 0.3) is 0 Å². The van der Waals surface area contributed by atoms with E-state index in [1.807, 2.05) is 74.5 Å². The van der Waals surface area contributed by atoms with Gasteiger partial charge in [0.15, 0.2) is 0 Å². The maximum Gasteiger partial charge on any atom is 0.302 e. The van der Waals surface area contributed by atoms with E-state index in [9.17, 15) is 19.5 Å². The quantitative estimate of drug-likeness (QED) is 0.367. The molecule has 3 aliphatic rings. The third-order valence-electron chi connectivity index (χ3n) is 7.99. The summed E-state index contributed by atoms with van der Waals surface area (Å²) in [6, 6.07) is 19.5. The number of hydrogen-bond acceptors (Lipinski definition) is 5. The minimum absolute atomic E-state index is 0.0231. The van der Waals surface area contributed by atoms with Gasteiger partial charge in [-0.3, -0.25) is 19.3 Å². The summed E-state index contributed by atoms with van der Waals surface area (Å²) in [6.07, 6.45) is -0.974. The first-order valence-electron chi connectivity index (χ1n) is 11.3.